The Morgan fingerprint density at radius 1 is 1.12 bits per heavy atom. The molecule has 4 nitrogen and oxygen atoms in total. The van der Waals surface area contributed by atoms with Gasteiger partial charge >= 0.3 is 0 Å². The molecular formula is C7H2Cl6N2O2. The van der Waals surface area contributed by atoms with Crippen LogP contribution in [-0.4, -0.2) is 9.91 Å². The summed E-state index contributed by atoms with van der Waals surface area (Å²) in [5.41, 5.74) is -0.869. The monoisotopic (exact) mass is 356 g/mol. The lowest BCUT2D eigenvalue weighted by Gasteiger charge is -2.14. The van der Waals surface area contributed by atoms with Crippen LogP contribution in [0.5, 0.6) is 0 Å². The highest BCUT2D eigenvalue weighted by molar-refractivity contribution is 6.67. The molecule has 0 aromatic carbocycles. The molecule has 1 rings (SSSR count). The highest BCUT2D eigenvalue weighted by Gasteiger charge is 2.36. The maximum Gasteiger partial charge on any atom is 0.295 e. The lowest BCUT2D eigenvalue weighted by Crippen LogP contribution is -2.11. The van der Waals surface area contributed by atoms with Crippen LogP contribution < -0.4 is 0 Å². The number of hydrogen-bond donors (Lipinski definition) is 0. The van der Waals surface area contributed by atoms with Crippen LogP contribution in [0.2, 0.25) is 0 Å². The summed E-state index contributed by atoms with van der Waals surface area (Å²) in [7, 11) is 0. The Balaban J connectivity index is 3.43. The molecule has 0 fully saturated rings. The number of nitrogens with zero attached hydrogens (tertiary/aromatic N) is 2. The van der Waals surface area contributed by atoms with E-state index in [4.69, 9.17) is 69.6 Å². The maximum absolute atomic E-state index is 10.8. The molecule has 10 heteroatoms. The summed E-state index contributed by atoms with van der Waals surface area (Å²) in [6.45, 7) is 0. The Morgan fingerprint density at radius 3 is 2.00 bits per heavy atom. The van der Waals surface area contributed by atoms with Crippen molar-refractivity contribution < 1.29 is 4.92 Å². The molecule has 0 bridgehead atoms. The minimum Gasteiger partial charge on any atom is -0.258 e. The number of pyridine rings is 1. The average Bonchev–Trinajstić information content (AvgIpc) is 2.14. The predicted molar refractivity (Wildman–Crippen MR) is 69.4 cm³/mol. The minimum absolute atomic E-state index is 0.00667. The van der Waals surface area contributed by atoms with Crippen molar-refractivity contribution in [3.05, 3.63) is 33.6 Å². The van der Waals surface area contributed by atoms with Gasteiger partial charge < -0.3 is 0 Å². The van der Waals surface area contributed by atoms with Crippen LogP contribution in [0, 0.1) is 10.1 Å². The van der Waals surface area contributed by atoms with Crippen LogP contribution >= 0.6 is 69.6 Å². The van der Waals surface area contributed by atoms with Gasteiger partial charge in [-0.1, -0.05) is 69.6 Å². The van der Waals surface area contributed by atoms with Gasteiger partial charge in [0.1, 0.15) is 0 Å². The zero-order valence-corrected chi connectivity index (χ0v) is 12.2. The third-order valence-corrected chi connectivity index (χ3v) is 2.85. The molecule has 0 saturated heterocycles. The van der Waals surface area contributed by atoms with Gasteiger partial charge in [-0.25, -0.2) is 4.98 Å². The van der Waals surface area contributed by atoms with E-state index in [0.717, 1.165) is 12.3 Å². The van der Waals surface area contributed by atoms with Crippen molar-refractivity contribution in [1.29, 1.82) is 0 Å². The number of alkyl halides is 6. The average molecular weight is 359 g/mol. The Labute approximate surface area is 126 Å². The second-order valence-corrected chi connectivity index (χ2v) is 7.41. The quantitative estimate of drug-likeness (QED) is 0.417. The fourth-order valence-corrected chi connectivity index (χ4v) is 1.71. The second kappa shape index (κ2) is 5.11. The van der Waals surface area contributed by atoms with Gasteiger partial charge in [0.25, 0.3) is 5.69 Å². The fourth-order valence-electron chi connectivity index (χ4n) is 0.966. The molecule has 1 aromatic heterocycles. The molecule has 0 atom stereocenters. The normalized spacial score (nSPS) is 12.6. The molecule has 0 spiro atoms. The Bertz CT molecular complexity index is 453. The topological polar surface area (TPSA) is 56.0 Å². The zero-order chi connectivity index (χ0) is 13.4. The first-order valence-corrected chi connectivity index (χ1v) is 6.09. The number of halogens is 6. The third kappa shape index (κ3) is 3.88. The van der Waals surface area contributed by atoms with Gasteiger partial charge in [0.15, 0.2) is 5.69 Å². The van der Waals surface area contributed by atoms with E-state index in [9.17, 15) is 10.1 Å². The van der Waals surface area contributed by atoms with Crippen LogP contribution in [0.15, 0.2) is 12.3 Å². The van der Waals surface area contributed by atoms with Gasteiger partial charge in [0.2, 0.25) is 7.59 Å². The summed E-state index contributed by atoms with van der Waals surface area (Å²) < 4.78 is -3.88. The van der Waals surface area contributed by atoms with Gasteiger partial charge in [0, 0.05) is 17.8 Å². The molecular weight excluding hydrogens is 357 g/mol. The van der Waals surface area contributed by atoms with Gasteiger partial charge in [-0.3, -0.25) is 10.1 Å². The van der Waals surface area contributed by atoms with Crippen molar-refractivity contribution in [2.45, 2.75) is 7.59 Å². The van der Waals surface area contributed by atoms with Crippen LogP contribution in [0.3, 0.4) is 0 Å². The molecule has 94 valence electrons. The van der Waals surface area contributed by atoms with Gasteiger partial charge in [0.05, 0.1) is 4.92 Å². The summed E-state index contributed by atoms with van der Waals surface area (Å²) in [6, 6.07) is 0.997. The summed E-state index contributed by atoms with van der Waals surface area (Å²) in [5.74, 6) is 0. The molecule has 0 saturated carbocycles. The predicted octanol–water partition coefficient (Wildman–Crippen LogP) is 4.64. The standard InChI is InChI=1S/C7H2Cl6N2O2/c8-6(9,10)3-1-4(15(16)17)5(14-2-3)7(11,12)13/h1-2H. The molecule has 0 N–H and O–H groups in total. The molecule has 0 unspecified atom stereocenters. The van der Waals surface area contributed by atoms with E-state index in [1.807, 2.05) is 0 Å². The van der Waals surface area contributed by atoms with Crippen LogP contribution in [0.1, 0.15) is 11.3 Å². The first-order valence-electron chi connectivity index (χ1n) is 3.82. The first kappa shape index (κ1) is 15.3. The molecule has 1 heterocycles. The molecule has 1 aromatic rings. The van der Waals surface area contributed by atoms with E-state index in [1.54, 1.807) is 0 Å². The minimum atomic E-state index is -2.03. The Kier molecular flexibility index (Phi) is 4.62. The molecule has 0 aliphatic rings. The van der Waals surface area contributed by atoms with E-state index >= 15 is 0 Å². The Morgan fingerprint density at radius 2 is 1.65 bits per heavy atom. The van der Waals surface area contributed by atoms with E-state index < -0.39 is 18.2 Å². The third-order valence-electron chi connectivity index (χ3n) is 1.66. The van der Waals surface area contributed by atoms with E-state index in [-0.39, 0.29) is 11.3 Å². The van der Waals surface area contributed by atoms with Gasteiger partial charge in [-0.05, 0) is 0 Å². The van der Waals surface area contributed by atoms with Crippen molar-refractivity contribution in [1.82, 2.24) is 4.98 Å². The maximum atomic E-state index is 10.8. The van der Waals surface area contributed by atoms with Crippen LogP contribution in [0.4, 0.5) is 5.69 Å². The number of aromatic nitrogens is 1. The van der Waals surface area contributed by atoms with Crippen LogP contribution in [-0.2, 0) is 7.59 Å². The molecule has 0 aliphatic heterocycles. The molecule has 0 radical (unpaired) electrons. The number of hydrogen-bond acceptors (Lipinski definition) is 3. The van der Waals surface area contributed by atoms with Crippen molar-refractivity contribution in [3.8, 4) is 0 Å². The number of nitro groups is 1. The van der Waals surface area contributed by atoms with Crippen molar-refractivity contribution in [2.75, 3.05) is 0 Å². The largest absolute Gasteiger partial charge is 0.295 e. The zero-order valence-electron chi connectivity index (χ0n) is 7.63. The van der Waals surface area contributed by atoms with E-state index in [2.05, 4.69) is 4.98 Å². The highest BCUT2D eigenvalue weighted by Crippen LogP contribution is 2.44. The summed E-state index contributed by atoms with van der Waals surface area (Å²) >= 11 is 33.3. The van der Waals surface area contributed by atoms with Gasteiger partial charge in [-0.2, -0.15) is 0 Å². The second-order valence-electron chi connectivity index (χ2n) is 2.84. The van der Waals surface area contributed by atoms with Gasteiger partial charge in [-0.15, -0.1) is 0 Å². The summed E-state index contributed by atoms with van der Waals surface area (Å²) in [5, 5.41) is 10.8. The lowest BCUT2D eigenvalue weighted by atomic mass is 10.2. The smallest absolute Gasteiger partial charge is 0.258 e. The summed E-state index contributed by atoms with van der Waals surface area (Å²) in [6.07, 6.45) is 1.09. The summed E-state index contributed by atoms with van der Waals surface area (Å²) in [4.78, 5) is 13.7. The van der Waals surface area contributed by atoms with Crippen molar-refractivity contribution in [3.63, 3.8) is 0 Å². The SMILES string of the molecule is O=[N+]([O-])c1cc(C(Cl)(Cl)Cl)cnc1C(Cl)(Cl)Cl. The molecule has 0 amide bonds. The molecule has 0 aliphatic carbocycles. The van der Waals surface area contributed by atoms with E-state index in [0.29, 0.717) is 0 Å². The molecule has 17 heavy (non-hydrogen) atoms. The highest BCUT2D eigenvalue weighted by atomic mass is 35.6. The van der Waals surface area contributed by atoms with E-state index in [1.165, 1.54) is 0 Å². The van der Waals surface area contributed by atoms with Crippen LogP contribution in [0.25, 0.3) is 0 Å². The van der Waals surface area contributed by atoms with Crippen molar-refractivity contribution >= 4 is 75.3 Å². The first-order chi connectivity index (χ1) is 7.53. The fraction of sp³-hybridized carbons (Fsp3) is 0.286. The lowest BCUT2D eigenvalue weighted by molar-refractivity contribution is -0.386. The number of rotatable bonds is 1. The van der Waals surface area contributed by atoms with Crippen molar-refractivity contribution in [2.24, 2.45) is 0 Å². The Hall–Kier alpha value is 0.290.